The lowest BCUT2D eigenvalue weighted by Crippen LogP contribution is -2.53. The van der Waals surface area contributed by atoms with Gasteiger partial charge in [0.25, 0.3) is 5.91 Å². The van der Waals surface area contributed by atoms with Crippen molar-refractivity contribution in [3.8, 4) is 5.88 Å². The summed E-state index contributed by atoms with van der Waals surface area (Å²) >= 11 is 0. The van der Waals surface area contributed by atoms with Gasteiger partial charge in [0, 0.05) is 18.1 Å². The van der Waals surface area contributed by atoms with E-state index < -0.39 is 35.7 Å². The van der Waals surface area contributed by atoms with E-state index in [9.17, 15) is 19.5 Å². The number of carbonyl (C=O) groups excluding carboxylic acids is 2. The molecule has 9 nitrogen and oxygen atoms in total. The molecule has 1 aromatic heterocycles. The summed E-state index contributed by atoms with van der Waals surface area (Å²) in [5.41, 5.74) is 1.32. The van der Waals surface area contributed by atoms with Gasteiger partial charge in [0.15, 0.2) is 18.6 Å². The van der Waals surface area contributed by atoms with Crippen LogP contribution in [-0.2, 0) is 26.3 Å². The van der Waals surface area contributed by atoms with Gasteiger partial charge in [0.2, 0.25) is 5.60 Å². The summed E-state index contributed by atoms with van der Waals surface area (Å²) in [6.45, 7) is 5.56. The van der Waals surface area contributed by atoms with Crippen LogP contribution in [0.25, 0.3) is 0 Å². The molecule has 35 heavy (non-hydrogen) atoms. The molecule has 0 aliphatic carbocycles. The quantitative estimate of drug-likeness (QED) is 0.475. The third-order valence-corrected chi connectivity index (χ3v) is 6.10. The Kier molecular flexibility index (Phi) is 8.22. The van der Waals surface area contributed by atoms with Crippen molar-refractivity contribution in [2.45, 2.75) is 57.6 Å². The summed E-state index contributed by atoms with van der Waals surface area (Å²) in [7, 11) is 1.76. The van der Waals surface area contributed by atoms with Gasteiger partial charge in [-0.2, -0.15) is 4.57 Å². The number of hydrogen-bond donors (Lipinski definition) is 2. The van der Waals surface area contributed by atoms with Gasteiger partial charge in [-0.3, -0.25) is 14.4 Å². The molecule has 1 aliphatic heterocycles. The van der Waals surface area contributed by atoms with Gasteiger partial charge in [0.05, 0.1) is 18.2 Å². The van der Waals surface area contributed by atoms with Crippen molar-refractivity contribution in [1.29, 1.82) is 0 Å². The number of oxime groups is 1. The van der Waals surface area contributed by atoms with Crippen molar-refractivity contribution in [3.63, 3.8) is 0 Å². The number of ether oxygens (including phenoxy) is 1. The molecule has 0 spiro atoms. The number of amides is 1. The van der Waals surface area contributed by atoms with Gasteiger partial charge < -0.3 is 20.0 Å². The number of aromatic nitrogens is 1. The average molecular weight is 483 g/mol. The first-order valence-electron chi connectivity index (χ1n) is 11.6. The Morgan fingerprint density at radius 3 is 2.57 bits per heavy atom. The Labute approximate surface area is 204 Å². The van der Waals surface area contributed by atoms with Gasteiger partial charge in [0.1, 0.15) is 13.1 Å². The van der Waals surface area contributed by atoms with Crippen LogP contribution in [0.4, 0.5) is 0 Å². The number of carboxylic acid groups (broad SMARTS) is 1. The smallest absolute Gasteiger partial charge is 0.367 e. The third kappa shape index (κ3) is 6.03. The number of nitrogens with zero attached hydrogens (tertiary/aromatic N) is 2. The number of nitrogens with one attached hydrogen (secondary N) is 1. The summed E-state index contributed by atoms with van der Waals surface area (Å²) in [4.78, 5) is 43.2. The Balaban J connectivity index is 1.73. The zero-order valence-corrected chi connectivity index (χ0v) is 20.5. The normalized spacial score (nSPS) is 17.9. The number of hydrogen-bond acceptors (Lipinski definition) is 6. The van der Waals surface area contributed by atoms with Crippen LogP contribution >= 0.6 is 0 Å². The van der Waals surface area contributed by atoms with E-state index in [1.54, 1.807) is 36.9 Å². The highest BCUT2D eigenvalue weighted by Crippen LogP contribution is 2.33. The molecular formula is C26H32N3O6+. The highest BCUT2D eigenvalue weighted by molar-refractivity contribution is 6.07. The monoisotopic (exact) mass is 482 g/mol. The molecule has 186 valence electrons. The zero-order chi connectivity index (χ0) is 25.6. The Bertz CT molecular complexity index is 1130. The molecule has 9 heteroatoms. The highest BCUT2D eigenvalue weighted by atomic mass is 16.7. The molecule has 2 atom stereocenters. The molecule has 1 unspecified atom stereocenters. The van der Waals surface area contributed by atoms with Crippen LogP contribution in [0.5, 0.6) is 5.88 Å². The fourth-order valence-electron chi connectivity index (χ4n) is 3.97. The Morgan fingerprint density at radius 2 is 1.91 bits per heavy atom. The number of pyridine rings is 1. The summed E-state index contributed by atoms with van der Waals surface area (Å²) in [5.74, 6) is -1.66. The van der Waals surface area contributed by atoms with Crippen molar-refractivity contribution < 1.29 is 33.6 Å². The molecule has 1 aliphatic rings. The SMILES string of the molecule is CCC1(C(=O)N[C@@H](CC(=O)O)C(=O)COc2cccc[n+]2C)CC(c2ccccc2C(C)C)=NO1. The van der Waals surface area contributed by atoms with Gasteiger partial charge in [-0.05, 0) is 24.0 Å². The van der Waals surface area contributed by atoms with Gasteiger partial charge in [-0.15, -0.1) is 0 Å². The fraction of sp³-hybridized carbons (Fsp3) is 0.423. The maximum Gasteiger partial charge on any atom is 0.367 e. The maximum atomic E-state index is 13.3. The number of ketones is 1. The topological polar surface area (TPSA) is 118 Å². The van der Waals surface area contributed by atoms with Crippen LogP contribution < -0.4 is 14.6 Å². The molecule has 2 aromatic rings. The maximum absolute atomic E-state index is 13.3. The number of benzene rings is 1. The highest BCUT2D eigenvalue weighted by Gasteiger charge is 2.47. The van der Waals surface area contributed by atoms with Crippen LogP contribution in [-0.4, -0.2) is 46.7 Å². The number of Topliss-reactive ketones (excluding diaryl/α,β-unsaturated/α-hetero) is 1. The predicted molar refractivity (Wildman–Crippen MR) is 128 cm³/mol. The number of rotatable bonds is 11. The van der Waals surface area contributed by atoms with Crippen molar-refractivity contribution in [3.05, 3.63) is 59.8 Å². The standard InChI is InChI=1S/C26H31N3O6/c1-5-26(15-21(28-35-26)19-11-7-6-10-18(19)17(2)3)25(33)27-20(14-24(31)32)22(30)16-34-23-12-8-9-13-29(23)4/h6-13,17,20H,5,14-16H2,1-4H3,(H-,27,31,32,33)/p+1/t20-,26?/m0/s1. The van der Waals surface area contributed by atoms with Crippen LogP contribution in [0.1, 0.15) is 57.1 Å². The van der Waals surface area contributed by atoms with Crippen molar-refractivity contribution in [1.82, 2.24) is 5.32 Å². The number of carboxylic acids is 1. The molecule has 0 radical (unpaired) electrons. The van der Waals surface area contributed by atoms with E-state index in [-0.39, 0.29) is 18.9 Å². The van der Waals surface area contributed by atoms with Gasteiger partial charge >= 0.3 is 11.8 Å². The molecule has 3 rings (SSSR count). The largest absolute Gasteiger partial charge is 0.481 e. The second-order valence-electron chi connectivity index (χ2n) is 8.92. The van der Waals surface area contributed by atoms with Crippen LogP contribution in [0.2, 0.25) is 0 Å². The average Bonchev–Trinajstić information content (AvgIpc) is 3.28. The molecule has 0 saturated carbocycles. The predicted octanol–water partition coefficient (Wildman–Crippen LogP) is 2.52. The van der Waals surface area contributed by atoms with Gasteiger partial charge in [-0.1, -0.05) is 50.2 Å². The van der Waals surface area contributed by atoms with Crippen LogP contribution in [0.3, 0.4) is 0 Å². The summed E-state index contributed by atoms with van der Waals surface area (Å²) in [6, 6.07) is 11.8. The first-order valence-corrected chi connectivity index (χ1v) is 11.6. The molecule has 0 fully saturated rings. The molecule has 0 bridgehead atoms. The molecule has 1 aromatic carbocycles. The third-order valence-electron chi connectivity index (χ3n) is 6.10. The minimum Gasteiger partial charge on any atom is -0.481 e. The summed E-state index contributed by atoms with van der Waals surface area (Å²) in [6.07, 6.45) is 1.69. The van der Waals surface area contributed by atoms with E-state index in [4.69, 9.17) is 9.57 Å². The van der Waals surface area contributed by atoms with E-state index in [0.29, 0.717) is 18.0 Å². The lowest BCUT2D eigenvalue weighted by Gasteiger charge is -2.26. The second-order valence-corrected chi connectivity index (χ2v) is 8.92. The second kappa shape index (κ2) is 11.1. The molecule has 0 saturated heterocycles. The molecular weight excluding hydrogens is 450 g/mol. The van der Waals surface area contributed by atoms with Gasteiger partial charge in [-0.25, -0.2) is 0 Å². The summed E-state index contributed by atoms with van der Waals surface area (Å²) in [5, 5.41) is 16.1. The van der Waals surface area contributed by atoms with Crippen molar-refractivity contribution in [2.24, 2.45) is 12.2 Å². The molecule has 2 N–H and O–H groups in total. The molecule has 2 heterocycles. The number of carbonyl (C=O) groups is 3. The zero-order valence-electron chi connectivity index (χ0n) is 20.5. The van der Waals surface area contributed by atoms with E-state index in [2.05, 4.69) is 24.3 Å². The van der Waals surface area contributed by atoms with Crippen molar-refractivity contribution >= 4 is 23.4 Å². The van der Waals surface area contributed by atoms with E-state index >= 15 is 0 Å². The van der Waals surface area contributed by atoms with Crippen molar-refractivity contribution in [2.75, 3.05) is 6.61 Å². The number of aryl methyl sites for hydroxylation is 1. The lowest BCUT2D eigenvalue weighted by molar-refractivity contribution is -0.677. The molecule has 1 amide bonds. The lowest BCUT2D eigenvalue weighted by atomic mass is 9.87. The fourth-order valence-corrected chi connectivity index (χ4v) is 3.97. The van der Waals surface area contributed by atoms with Crippen LogP contribution in [0.15, 0.2) is 53.8 Å². The Morgan fingerprint density at radius 1 is 1.20 bits per heavy atom. The first kappa shape index (κ1) is 25.9. The van der Waals surface area contributed by atoms with Crippen LogP contribution in [0, 0.1) is 0 Å². The minimum absolute atomic E-state index is 0.212. The van der Waals surface area contributed by atoms with E-state index in [1.807, 2.05) is 30.3 Å². The number of aliphatic carboxylic acids is 1. The minimum atomic E-state index is -1.33. The van der Waals surface area contributed by atoms with E-state index in [1.165, 1.54) is 0 Å². The first-order chi connectivity index (χ1) is 16.7. The Hall–Kier alpha value is -3.75. The van der Waals surface area contributed by atoms with E-state index in [0.717, 1.165) is 11.1 Å². The summed E-state index contributed by atoms with van der Waals surface area (Å²) < 4.78 is 7.23.